The fourth-order valence-corrected chi connectivity index (χ4v) is 9.58. The Labute approximate surface area is 289 Å². The Morgan fingerprint density at radius 2 is 1.66 bits per heavy atom. The second-order valence-corrected chi connectivity index (χ2v) is 14.7. The molecule has 9 heteroatoms. The molecule has 0 spiro atoms. The lowest BCUT2D eigenvalue weighted by molar-refractivity contribution is -0.0120. The van der Waals surface area contributed by atoms with Crippen LogP contribution in [0.4, 0.5) is 4.79 Å². The number of pyridine rings is 1. The topological polar surface area (TPSA) is 118 Å². The molecule has 0 aliphatic heterocycles. The van der Waals surface area contributed by atoms with Crippen LogP contribution in [0.3, 0.4) is 0 Å². The third-order valence-corrected chi connectivity index (χ3v) is 11.4. The maximum absolute atomic E-state index is 13.7. The van der Waals surface area contributed by atoms with Gasteiger partial charge in [0.15, 0.2) is 0 Å². The van der Waals surface area contributed by atoms with Crippen LogP contribution >= 0.6 is 0 Å². The standard InChI is InChI=1S/C41H40N4O5/c1-23-15-33(38-42-34(22-45(38)21-23)39(46)43-36-27-17-24-16-25(19-27)20-28(36)18-24)31-11-5-10-30-32(40(44-37(30)31)50-41(47)48)12-6-14-49-35-13-4-8-26-7-2-3-9-29(26)35/h2-5,7-11,13,15,21-22,24-25,27-28,36,44H,6,12,14,16-20H2,1H3,(H,43,46)(H,47,48). The lowest BCUT2D eigenvalue weighted by atomic mass is 9.54. The minimum absolute atomic E-state index is 0.113. The van der Waals surface area contributed by atoms with Crippen LogP contribution < -0.4 is 14.8 Å². The van der Waals surface area contributed by atoms with Gasteiger partial charge in [0.05, 0.1) is 12.1 Å². The van der Waals surface area contributed by atoms with Gasteiger partial charge in [0.25, 0.3) is 5.91 Å². The van der Waals surface area contributed by atoms with E-state index in [2.05, 4.69) is 28.5 Å². The number of hydrogen-bond acceptors (Lipinski definition) is 5. The van der Waals surface area contributed by atoms with E-state index in [1.807, 2.05) is 72.2 Å². The molecule has 3 aromatic heterocycles. The zero-order valence-corrected chi connectivity index (χ0v) is 28.0. The number of carbonyl (C=O) groups is 2. The van der Waals surface area contributed by atoms with Crippen molar-refractivity contribution in [1.82, 2.24) is 19.7 Å². The van der Waals surface area contributed by atoms with Gasteiger partial charge in [0.2, 0.25) is 5.88 Å². The van der Waals surface area contributed by atoms with Crippen molar-refractivity contribution in [2.45, 2.75) is 57.9 Å². The van der Waals surface area contributed by atoms with E-state index >= 15 is 0 Å². The summed E-state index contributed by atoms with van der Waals surface area (Å²) in [4.78, 5) is 33.7. The quantitative estimate of drug-likeness (QED) is 0.105. The summed E-state index contributed by atoms with van der Waals surface area (Å²) in [7, 11) is 0. The third-order valence-electron chi connectivity index (χ3n) is 11.4. The summed E-state index contributed by atoms with van der Waals surface area (Å²) in [6.07, 6.45) is 9.94. The van der Waals surface area contributed by atoms with Gasteiger partial charge in [-0.3, -0.25) is 4.79 Å². The first-order chi connectivity index (χ1) is 24.4. The van der Waals surface area contributed by atoms with Gasteiger partial charge in [-0.15, -0.1) is 0 Å². The predicted molar refractivity (Wildman–Crippen MR) is 192 cm³/mol. The number of aryl methyl sites for hydroxylation is 2. The molecule has 4 bridgehead atoms. The van der Waals surface area contributed by atoms with Crippen LogP contribution in [0.15, 0.2) is 79.1 Å². The van der Waals surface area contributed by atoms with Crippen LogP contribution in [-0.2, 0) is 6.42 Å². The van der Waals surface area contributed by atoms with Gasteiger partial charge in [-0.2, -0.15) is 0 Å². The molecule has 6 aromatic rings. The highest BCUT2D eigenvalue weighted by molar-refractivity contribution is 6.01. The number of hydrogen-bond donors (Lipinski definition) is 3. The molecule has 254 valence electrons. The molecule has 9 nitrogen and oxygen atoms in total. The van der Waals surface area contributed by atoms with Crippen molar-refractivity contribution in [3.63, 3.8) is 0 Å². The summed E-state index contributed by atoms with van der Waals surface area (Å²) >= 11 is 0. The molecular formula is C41H40N4O5. The smallest absolute Gasteiger partial charge is 0.493 e. The maximum atomic E-state index is 13.7. The fraction of sp³-hybridized carbons (Fsp3) is 0.341. The number of fused-ring (bicyclic) bond motifs is 3. The van der Waals surface area contributed by atoms with E-state index in [0.717, 1.165) is 61.5 Å². The highest BCUT2D eigenvalue weighted by Gasteiger charge is 2.48. The highest BCUT2D eigenvalue weighted by atomic mass is 16.7. The van der Waals surface area contributed by atoms with Gasteiger partial charge < -0.3 is 29.3 Å². The van der Waals surface area contributed by atoms with Crippen LogP contribution in [0, 0.1) is 30.6 Å². The molecule has 50 heavy (non-hydrogen) atoms. The van der Waals surface area contributed by atoms with Crippen molar-refractivity contribution in [3.05, 3.63) is 95.9 Å². The molecular weight excluding hydrogens is 628 g/mol. The van der Waals surface area contributed by atoms with Crippen LogP contribution in [-0.4, -0.2) is 44.2 Å². The summed E-state index contributed by atoms with van der Waals surface area (Å²) in [6.45, 7) is 2.47. The molecule has 4 aliphatic carbocycles. The van der Waals surface area contributed by atoms with E-state index in [1.165, 1.54) is 32.1 Å². The number of nitrogens with zero attached hydrogens (tertiary/aromatic N) is 2. The minimum atomic E-state index is -1.38. The summed E-state index contributed by atoms with van der Waals surface area (Å²) in [6, 6.07) is 22.4. The molecule has 0 saturated heterocycles. The number of benzene rings is 3. The minimum Gasteiger partial charge on any atom is -0.493 e. The Morgan fingerprint density at radius 3 is 2.46 bits per heavy atom. The largest absolute Gasteiger partial charge is 0.512 e. The number of aromatic nitrogens is 3. The van der Waals surface area contributed by atoms with Crippen molar-refractivity contribution in [2.75, 3.05) is 6.61 Å². The number of carboxylic acid groups (broad SMARTS) is 1. The normalized spacial score (nSPS) is 22.4. The Morgan fingerprint density at radius 1 is 0.920 bits per heavy atom. The second kappa shape index (κ2) is 12.2. The number of carbonyl (C=O) groups excluding carboxylic acids is 1. The number of amides is 1. The van der Waals surface area contributed by atoms with E-state index in [9.17, 15) is 14.7 Å². The van der Waals surface area contributed by atoms with Crippen molar-refractivity contribution in [1.29, 1.82) is 0 Å². The monoisotopic (exact) mass is 668 g/mol. The second-order valence-electron chi connectivity index (χ2n) is 14.7. The first kappa shape index (κ1) is 30.7. The van der Waals surface area contributed by atoms with E-state index in [-0.39, 0.29) is 17.8 Å². The van der Waals surface area contributed by atoms with Crippen LogP contribution in [0.5, 0.6) is 11.6 Å². The molecule has 0 radical (unpaired) electrons. The molecule has 0 unspecified atom stereocenters. The third kappa shape index (κ3) is 5.45. The zero-order valence-electron chi connectivity index (χ0n) is 28.0. The van der Waals surface area contributed by atoms with E-state index in [4.69, 9.17) is 14.5 Å². The molecule has 1 amide bonds. The molecule has 3 heterocycles. The van der Waals surface area contributed by atoms with Crippen molar-refractivity contribution in [2.24, 2.45) is 23.7 Å². The molecule has 4 fully saturated rings. The average Bonchev–Trinajstić information content (AvgIpc) is 3.68. The van der Waals surface area contributed by atoms with Gasteiger partial charge >= 0.3 is 6.16 Å². The zero-order chi connectivity index (χ0) is 33.9. The Hall–Kier alpha value is -5.31. The van der Waals surface area contributed by atoms with Gasteiger partial charge in [-0.1, -0.05) is 54.6 Å². The van der Waals surface area contributed by atoms with Crippen molar-refractivity contribution < 1.29 is 24.2 Å². The molecule has 3 N–H and O–H groups in total. The number of nitrogens with one attached hydrogen (secondary N) is 2. The van der Waals surface area contributed by atoms with Gasteiger partial charge in [0.1, 0.15) is 17.1 Å². The van der Waals surface area contributed by atoms with Crippen LogP contribution in [0.2, 0.25) is 0 Å². The first-order valence-corrected chi connectivity index (χ1v) is 17.8. The molecule has 4 saturated carbocycles. The van der Waals surface area contributed by atoms with Gasteiger partial charge in [0, 0.05) is 45.9 Å². The van der Waals surface area contributed by atoms with Crippen molar-refractivity contribution >= 4 is 39.4 Å². The number of H-pyrrole nitrogens is 1. The van der Waals surface area contributed by atoms with E-state index in [0.29, 0.717) is 42.6 Å². The first-order valence-electron chi connectivity index (χ1n) is 17.8. The highest BCUT2D eigenvalue weighted by Crippen LogP contribution is 2.53. The average molecular weight is 669 g/mol. The van der Waals surface area contributed by atoms with Crippen LogP contribution in [0.1, 0.15) is 60.1 Å². The summed E-state index contributed by atoms with van der Waals surface area (Å²) in [5.41, 5.74) is 5.30. The Balaban J connectivity index is 1.01. The molecule has 4 aliphatic rings. The summed E-state index contributed by atoms with van der Waals surface area (Å²) < 4.78 is 13.4. The Kier molecular flexibility index (Phi) is 7.52. The maximum Gasteiger partial charge on any atom is 0.512 e. The number of imidazole rings is 1. The number of para-hydroxylation sites is 1. The Bertz CT molecular complexity index is 2250. The lowest BCUT2D eigenvalue weighted by Crippen LogP contribution is -2.55. The SMILES string of the molecule is Cc1cc(-c2cccc3c(CCCOc4cccc5ccccc45)c(OC(=O)O)[nH]c23)c2nc(C(=O)NC3C4CC5CC(C4)CC3C5)cn2c1. The van der Waals surface area contributed by atoms with E-state index in [1.54, 1.807) is 0 Å². The number of rotatable bonds is 9. The van der Waals surface area contributed by atoms with Gasteiger partial charge in [-0.05, 0) is 98.6 Å². The molecule has 3 aromatic carbocycles. The van der Waals surface area contributed by atoms with Crippen LogP contribution in [0.25, 0.3) is 38.4 Å². The fourth-order valence-electron chi connectivity index (χ4n) is 9.58. The summed E-state index contributed by atoms with van der Waals surface area (Å²) in [5.74, 6) is 3.75. The predicted octanol–water partition coefficient (Wildman–Crippen LogP) is 8.57. The van der Waals surface area contributed by atoms with E-state index < -0.39 is 6.16 Å². The van der Waals surface area contributed by atoms with Gasteiger partial charge in [-0.25, -0.2) is 9.78 Å². The molecule has 10 rings (SSSR count). The van der Waals surface area contributed by atoms with Crippen molar-refractivity contribution in [3.8, 4) is 22.8 Å². The lowest BCUT2D eigenvalue weighted by Gasteiger charge is -2.54. The molecule has 0 atom stereocenters. The number of aromatic amines is 1. The number of ether oxygens (including phenoxy) is 2. The summed E-state index contributed by atoms with van der Waals surface area (Å²) in [5, 5.41) is 16.1.